The minimum atomic E-state index is -1.63. The molecular weight excluding hydrogens is 411 g/mol. The number of ether oxygens (including phenoxy) is 1. The monoisotopic (exact) mass is 432 g/mol. The zero-order valence-corrected chi connectivity index (χ0v) is 17.3. The Morgan fingerprint density at radius 2 is 1.75 bits per heavy atom. The van der Waals surface area contributed by atoms with E-state index in [1.165, 1.54) is 12.1 Å². The molecule has 162 valence electrons. The number of benzene rings is 3. The Labute approximate surface area is 184 Å². The number of halogens is 1. The molecule has 0 aromatic heterocycles. The Balaban J connectivity index is 1.75. The molecule has 6 nitrogen and oxygen atoms in total. The molecule has 1 spiro atoms. The van der Waals surface area contributed by atoms with Crippen LogP contribution in [0.4, 0.5) is 15.8 Å². The number of carbonyl (C=O) groups excluding carboxylic acids is 2. The van der Waals surface area contributed by atoms with Crippen molar-refractivity contribution in [2.75, 3.05) is 17.0 Å². The van der Waals surface area contributed by atoms with E-state index >= 15 is 0 Å². The highest BCUT2D eigenvalue weighted by atomic mass is 19.1. The van der Waals surface area contributed by atoms with Crippen LogP contribution in [0, 0.1) is 11.7 Å². The Morgan fingerprint density at radius 3 is 2.47 bits per heavy atom. The van der Waals surface area contributed by atoms with Gasteiger partial charge in [0.05, 0.1) is 18.3 Å². The first kappa shape index (κ1) is 20.2. The molecule has 1 unspecified atom stereocenters. The summed E-state index contributed by atoms with van der Waals surface area (Å²) in [6.45, 7) is 1.86. The van der Waals surface area contributed by atoms with Crippen LogP contribution in [-0.4, -0.2) is 18.5 Å². The molecule has 1 amide bonds. The smallest absolute Gasteiger partial charge is 0.315 e. The van der Waals surface area contributed by atoms with Gasteiger partial charge in [-0.3, -0.25) is 14.4 Å². The maximum absolute atomic E-state index is 13.7. The van der Waals surface area contributed by atoms with E-state index in [0.717, 1.165) is 0 Å². The summed E-state index contributed by atoms with van der Waals surface area (Å²) in [5.74, 6) is -2.43. The fourth-order valence-electron chi connectivity index (χ4n) is 4.58. The van der Waals surface area contributed by atoms with Crippen molar-refractivity contribution >= 4 is 23.3 Å². The second kappa shape index (κ2) is 7.76. The van der Waals surface area contributed by atoms with Crippen molar-refractivity contribution in [2.45, 2.75) is 18.6 Å². The largest absolute Gasteiger partial charge is 0.466 e. The Morgan fingerprint density at radius 1 is 1.06 bits per heavy atom. The number of para-hydroxylation sites is 2. The summed E-state index contributed by atoms with van der Waals surface area (Å²) in [5.41, 5.74) is 0.804. The first-order valence-electron chi connectivity index (χ1n) is 10.4. The summed E-state index contributed by atoms with van der Waals surface area (Å²) in [6.07, 6.45) is 0. The van der Waals surface area contributed by atoms with Gasteiger partial charge in [-0.05, 0) is 42.8 Å². The summed E-state index contributed by atoms with van der Waals surface area (Å²) in [7, 11) is 0. The molecule has 3 aromatic rings. The van der Waals surface area contributed by atoms with Crippen LogP contribution in [0.1, 0.15) is 24.1 Å². The van der Waals surface area contributed by atoms with Gasteiger partial charge in [0.1, 0.15) is 11.7 Å². The van der Waals surface area contributed by atoms with Gasteiger partial charge in [0.15, 0.2) is 0 Å². The van der Waals surface area contributed by atoms with E-state index in [4.69, 9.17) is 9.57 Å². The molecular formula is C25H21FN2O4. The number of nitrogens with one attached hydrogen (secondary N) is 1. The lowest BCUT2D eigenvalue weighted by molar-refractivity contribution is -0.161. The Bertz CT molecular complexity index is 1170. The normalized spacial score (nSPS) is 23.8. The number of amides is 1. The first-order chi connectivity index (χ1) is 15.6. The van der Waals surface area contributed by atoms with Gasteiger partial charge >= 0.3 is 5.97 Å². The molecule has 2 aliphatic heterocycles. The average molecular weight is 432 g/mol. The highest BCUT2D eigenvalue weighted by molar-refractivity contribution is 6.08. The maximum atomic E-state index is 13.7. The van der Waals surface area contributed by atoms with E-state index in [2.05, 4.69) is 5.32 Å². The van der Waals surface area contributed by atoms with Gasteiger partial charge in [0.2, 0.25) is 5.60 Å². The number of hydrogen-bond acceptors (Lipinski definition) is 5. The second-order valence-electron chi connectivity index (χ2n) is 7.71. The van der Waals surface area contributed by atoms with Crippen molar-refractivity contribution < 1.29 is 23.6 Å². The minimum absolute atomic E-state index is 0.149. The van der Waals surface area contributed by atoms with Crippen molar-refractivity contribution in [3.63, 3.8) is 0 Å². The van der Waals surface area contributed by atoms with E-state index in [1.54, 1.807) is 48.4 Å². The number of esters is 1. The lowest BCUT2D eigenvalue weighted by atomic mass is 9.76. The van der Waals surface area contributed by atoms with Crippen LogP contribution < -0.4 is 10.4 Å². The standard InChI is InChI=1S/C25H21FN2O4/c1-2-31-23(29)21-22(16-12-14-17(26)15-13-16)28(18-8-4-3-5-9-18)32-25(21)19-10-6-7-11-20(19)27-24(25)30/h3-15,21-22H,2H2,1H3,(H,27,30)/t21-,22+,25?/m1/s1. The zero-order valence-electron chi connectivity index (χ0n) is 17.3. The predicted octanol–water partition coefficient (Wildman–Crippen LogP) is 4.35. The van der Waals surface area contributed by atoms with Gasteiger partial charge in [-0.2, -0.15) is 0 Å². The highest BCUT2D eigenvalue weighted by Gasteiger charge is 2.67. The van der Waals surface area contributed by atoms with Crippen molar-refractivity contribution in [1.29, 1.82) is 0 Å². The molecule has 1 saturated heterocycles. The van der Waals surface area contributed by atoms with Gasteiger partial charge in [0.25, 0.3) is 5.91 Å². The van der Waals surface area contributed by atoms with Crippen molar-refractivity contribution in [2.24, 2.45) is 5.92 Å². The van der Waals surface area contributed by atoms with E-state index in [-0.39, 0.29) is 6.61 Å². The topological polar surface area (TPSA) is 67.9 Å². The second-order valence-corrected chi connectivity index (χ2v) is 7.71. The van der Waals surface area contributed by atoms with Gasteiger partial charge in [-0.25, -0.2) is 9.45 Å². The number of anilines is 2. The van der Waals surface area contributed by atoms with Gasteiger partial charge in [-0.1, -0.05) is 48.5 Å². The summed E-state index contributed by atoms with van der Waals surface area (Å²) in [6, 6.07) is 21.5. The number of hydrogen-bond donors (Lipinski definition) is 1. The van der Waals surface area contributed by atoms with Crippen LogP contribution in [0.15, 0.2) is 78.9 Å². The van der Waals surface area contributed by atoms with Crippen LogP contribution >= 0.6 is 0 Å². The minimum Gasteiger partial charge on any atom is -0.466 e. The number of nitrogens with zero attached hydrogens (tertiary/aromatic N) is 1. The first-order valence-corrected chi connectivity index (χ1v) is 10.4. The molecule has 1 N–H and O–H groups in total. The van der Waals surface area contributed by atoms with E-state index in [1.807, 2.05) is 30.3 Å². The molecule has 7 heteroatoms. The summed E-state index contributed by atoms with van der Waals surface area (Å²) in [5, 5.41) is 4.42. The van der Waals surface area contributed by atoms with Gasteiger partial charge in [0, 0.05) is 11.3 Å². The molecule has 2 heterocycles. The molecule has 0 radical (unpaired) electrons. The third kappa shape index (κ3) is 2.97. The fourth-order valence-corrected chi connectivity index (χ4v) is 4.58. The van der Waals surface area contributed by atoms with Crippen molar-refractivity contribution in [1.82, 2.24) is 0 Å². The highest BCUT2D eigenvalue weighted by Crippen LogP contribution is 2.57. The molecule has 3 atom stereocenters. The molecule has 1 fully saturated rings. The van der Waals surface area contributed by atoms with E-state index in [9.17, 15) is 14.0 Å². The van der Waals surface area contributed by atoms with Crippen molar-refractivity contribution in [3.8, 4) is 0 Å². The van der Waals surface area contributed by atoms with Crippen LogP contribution in [-0.2, 0) is 24.8 Å². The lowest BCUT2D eigenvalue weighted by Gasteiger charge is -2.26. The van der Waals surface area contributed by atoms with Gasteiger partial charge < -0.3 is 10.1 Å². The average Bonchev–Trinajstić information content (AvgIpc) is 3.31. The van der Waals surface area contributed by atoms with Crippen LogP contribution in [0.2, 0.25) is 0 Å². The fraction of sp³-hybridized carbons (Fsp3) is 0.200. The molecule has 2 aliphatic rings. The molecule has 0 aliphatic carbocycles. The Hall–Kier alpha value is -3.71. The van der Waals surface area contributed by atoms with Crippen LogP contribution in [0.25, 0.3) is 0 Å². The summed E-state index contributed by atoms with van der Waals surface area (Å²) < 4.78 is 19.2. The molecule has 5 rings (SSSR count). The zero-order chi connectivity index (χ0) is 22.3. The number of carbonyl (C=O) groups is 2. The lowest BCUT2D eigenvalue weighted by Crippen LogP contribution is -2.45. The van der Waals surface area contributed by atoms with E-state index in [0.29, 0.717) is 22.5 Å². The summed E-state index contributed by atoms with van der Waals surface area (Å²) >= 11 is 0. The van der Waals surface area contributed by atoms with Gasteiger partial charge in [-0.15, -0.1) is 0 Å². The van der Waals surface area contributed by atoms with Crippen LogP contribution in [0.5, 0.6) is 0 Å². The molecule has 0 saturated carbocycles. The third-order valence-corrected chi connectivity index (χ3v) is 5.92. The van der Waals surface area contributed by atoms with Crippen molar-refractivity contribution in [3.05, 3.63) is 95.8 Å². The van der Waals surface area contributed by atoms with E-state index < -0.39 is 35.3 Å². The molecule has 32 heavy (non-hydrogen) atoms. The predicted molar refractivity (Wildman–Crippen MR) is 116 cm³/mol. The van der Waals surface area contributed by atoms with Crippen LogP contribution in [0.3, 0.4) is 0 Å². The maximum Gasteiger partial charge on any atom is 0.315 e. The number of hydroxylamine groups is 1. The molecule has 0 bridgehead atoms. The number of fused-ring (bicyclic) bond motifs is 2. The number of rotatable bonds is 4. The SMILES string of the molecule is CCOC(=O)[C@H]1[C@H](c2ccc(F)cc2)N(c2ccccc2)OC12C(=O)Nc1ccccc12. The quantitative estimate of drug-likeness (QED) is 0.621. The third-order valence-electron chi connectivity index (χ3n) is 5.92. The Kier molecular flexibility index (Phi) is 4.90. The molecule has 3 aromatic carbocycles. The summed E-state index contributed by atoms with van der Waals surface area (Å²) in [4.78, 5) is 33.3.